The first-order chi connectivity index (χ1) is 4.37. The molecule has 50 valence electrons. The van der Waals surface area contributed by atoms with E-state index in [-0.39, 0.29) is 0 Å². The molecule has 2 rings (SSSR count). The van der Waals surface area contributed by atoms with Gasteiger partial charge in [0.15, 0.2) is 0 Å². The molecule has 1 saturated carbocycles. The lowest BCUT2D eigenvalue weighted by atomic mass is 9.98. The fraction of sp³-hybridized carbons (Fsp3) is 0.778. The first-order valence-corrected chi connectivity index (χ1v) is 4.10. The average Bonchev–Trinajstić information content (AvgIpc) is 2.30. The van der Waals surface area contributed by atoms with E-state index in [1.165, 1.54) is 32.1 Å². The topological polar surface area (TPSA) is 0 Å². The summed E-state index contributed by atoms with van der Waals surface area (Å²) < 4.78 is 0. The van der Waals surface area contributed by atoms with Gasteiger partial charge in [-0.3, -0.25) is 0 Å². The molecule has 0 N–H and O–H groups in total. The van der Waals surface area contributed by atoms with Crippen molar-refractivity contribution < 1.29 is 0 Å². The largest absolute Gasteiger partial charge is 0.0742 e. The Hall–Kier alpha value is -0.260. The van der Waals surface area contributed by atoms with Crippen LogP contribution in [0.5, 0.6) is 0 Å². The van der Waals surface area contributed by atoms with Crippen LogP contribution in [0.25, 0.3) is 0 Å². The molecule has 0 aromatic carbocycles. The van der Waals surface area contributed by atoms with E-state index in [2.05, 4.69) is 13.0 Å². The predicted molar refractivity (Wildman–Crippen MR) is 39.3 cm³/mol. The molecule has 0 bridgehead atoms. The zero-order valence-corrected chi connectivity index (χ0v) is 6.11. The minimum atomic E-state index is 0.703. The zero-order chi connectivity index (χ0) is 6.32. The Labute approximate surface area is 57.0 Å². The SMILES string of the molecule is CCC1=CC12CCCC2. The molecule has 1 fully saturated rings. The second kappa shape index (κ2) is 1.62. The molecule has 0 nitrogen and oxygen atoms in total. The highest BCUT2D eigenvalue weighted by atomic mass is 14.5. The fourth-order valence-corrected chi connectivity index (χ4v) is 2.22. The predicted octanol–water partition coefficient (Wildman–Crippen LogP) is 2.90. The highest BCUT2D eigenvalue weighted by Crippen LogP contribution is 2.57. The maximum absolute atomic E-state index is 2.50. The van der Waals surface area contributed by atoms with Gasteiger partial charge in [0.05, 0.1) is 0 Å². The quantitative estimate of drug-likeness (QED) is 0.469. The molecule has 0 saturated heterocycles. The van der Waals surface area contributed by atoms with E-state index >= 15 is 0 Å². The minimum Gasteiger partial charge on any atom is -0.0742 e. The fourth-order valence-electron chi connectivity index (χ4n) is 2.22. The van der Waals surface area contributed by atoms with Gasteiger partial charge in [0.25, 0.3) is 0 Å². The normalized spacial score (nSPS) is 28.8. The summed E-state index contributed by atoms with van der Waals surface area (Å²) in [5.74, 6) is 0. The van der Waals surface area contributed by atoms with Crippen LogP contribution in [0.2, 0.25) is 0 Å². The van der Waals surface area contributed by atoms with Gasteiger partial charge in [-0.25, -0.2) is 0 Å². The maximum Gasteiger partial charge on any atom is 0.00939 e. The molecule has 2 aliphatic rings. The van der Waals surface area contributed by atoms with Crippen molar-refractivity contribution in [2.45, 2.75) is 39.0 Å². The lowest BCUT2D eigenvalue weighted by molar-refractivity contribution is 0.565. The van der Waals surface area contributed by atoms with E-state index < -0.39 is 0 Å². The molecule has 0 heterocycles. The van der Waals surface area contributed by atoms with Gasteiger partial charge in [0.1, 0.15) is 0 Å². The minimum absolute atomic E-state index is 0.703. The van der Waals surface area contributed by atoms with Crippen molar-refractivity contribution >= 4 is 0 Å². The van der Waals surface area contributed by atoms with Gasteiger partial charge in [-0.05, 0) is 19.3 Å². The van der Waals surface area contributed by atoms with Gasteiger partial charge < -0.3 is 0 Å². The van der Waals surface area contributed by atoms with E-state index in [0.29, 0.717) is 5.41 Å². The Kier molecular flexibility index (Phi) is 0.992. The van der Waals surface area contributed by atoms with Crippen molar-refractivity contribution in [3.05, 3.63) is 11.6 Å². The van der Waals surface area contributed by atoms with Crippen molar-refractivity contribution in [1.82, 2.24) is 0 Å². The Morgan fingerprint density at radius 3 is 2.56 bits per heavy atom. The van der Waals surface area contributed by atoms with Crippen molar-refractivity contribution in [2.24, 2.45) is 5.41 Å². The number of hydrogen-bond acceptors (Lipinski definition) is 0. The third-order valence-corrected chi connectivity index (χ3v) is 2.88. The summed E-state index contributed by atoms with van der Waals surface area (Å²) in [7, 11) is 0. The van der Waals surface area contributed by atoms with Crippen molar-refractivity contribution in [1.29, 1.82) is 0 Å². The zero-order valence-electron chi connectivity index (χ0n) is 6.11. The summed E-state index contributed by atoms with van der Waals surface area (Å²) in [5, 5.41) is 0. The van der Waals surface area contributed by atoms with Crippen LogP contribution in [0.1, 0.15) is 39.0 Å². The molecule has 0 heteroatoms. The Morgan fingerprint density at radius 1 is 1.44 bits per heavy atom. The molecule has 1 spiro atoms. The van der Waals surface area contributed by atoms with Gasteiger partial charge in [-0.2, -0.15) is 0 Å². The van der Waals surface area contributed by atoms with Gasteiger partial charge in [-0.15, -0.1) is 0 Å². The smallest absolute Gasteiger partial charge is 0.00939 e. The van der Waals surface area contributed by atoms with E-state index in [0.717, 1.165) is 0 Å². The summed E-state index contributed by atoms with van der Waals surface area (Å²) in [6.07, 6.45) is 9.69. The first-order valence-electron chi connectivity index (χ1n) is 4.10. The summed E-state index contributed by atoms with van der Waals surface area (Å²) >= 11 is 0. The monoisotopic (exact) mass is 122 g/mol. The van der Waals surface area contributed by atoms with Crippen LogP contribution in [0.3, 0.4) is 0 Å². The van der Waals surface area contributed by atoms with Gasteiger partial charge in [-0.1, -0.05) is 31.4 Å². The molecule has 0 aromatic heterocycles. The second-order valence-corrected chi connectivity index (χ2v) is 3.39. The molecule has 0 radical (unpaired) electrons. The van der Waals surface area contributed by atoms with Crippen LogP contribution in [0.15, 0.2) is 11.6 Å². The molecule has 0 aliphatic heterocycles. The van der Waals surface area contributed by atoms with Crippen LogP contribution >= 0.6 is 0 Å². The summed E-state index contributed by atoms with van der Waals surface area (Å²) in [6, 6.07) is 0. The Bertz CT molecular complexity index is 147. The molecule has 0 atom stereocenters. The van der Waals surface area contributed by atoms with E-state index in [1.54, 1.807) is 5.57 Å². The summed E-state index contributed by atoms with van der Waals surface area (Å²) in [6.45, 7) is 2.28. The van der Waals surface area contributed by atoms with Crippen LogP contribution in [0.4, 0.5) is 0 Å². The van der Waals surface area contributed by atoms with Crippen LogP contribution in [0, 0.1) is 5.41 Å². The van der Waals surface area contributed by atoms with Crippen molar-refractivity contribution in [2.75, 3.05) is 0 Å². The number of hydrogen-bond donors (Lipinski definition) is 0. The Morgan fingerprint density at radius 2 is 2.11 bits per heavy atom. The number of rotatable bonds is 1. The van der Waals surface area contributed by atoms with Crippen LogP contribution < -0.4 is 0 Å². The first kappa shape index (κ1) is 5.52. The molecule has 0 aromatic rings. The second-order valence-electron chi connectivity index (χ2n) is 3.39. The van der Waals surface area contributed by atoms with Gasteiger partial charge >= 0.3 is 0 Å². The average molecular weight is 122 g/mol. The molecule has 0 unspecified atom stereocenters. The lowest BCUT2D eigenvalue weighted by Crippen LogP contribution is -1.95. The van der Waals surface area contributed by atoms with E-state index in [9.17, 15) is 0 Å². The molecule has 0 amide bonds. The number of allylic oxidation sites excluding steroid dienone is 2. The molecule has 9 heavy (non-hydrogen) atoms. The van der Waals surface area contributed by atoms with Crippen molar-refractivity contribution in [3.63, 3.8) is 0 Å². The highest BCUT2D eigenvalue weighted by Gasteiger charge is 2.43. The van der Waals surface area contributed by atoms with Crippen LogP contribution in [-0.4, -0.2) is 0 Å². The Balaban J connectivity index is 2.00. The third-order valence-electron chi connectivity index (χ3n) is 2.88. The van der Waals surface area contributed by atoms with Crippen LogP contribution in [-0.2, 0) is 0 Å². The summed E-state index contributed by atoms with van der Waals surface area (Å²) in [5.41, 5.74) is 2.45. The summed E-state index contributed by atoms with van der Waals surface area (Å²) in [4.78, 5) is 0. The van der Waals surface area contributed by atoms with Gasteiger partial charge in [0.2, 0.25) is 0 Å². The third kappa shape index (κ3) is 0.654. The van der Waals surface area contributed by atoms with E-state index in [4.69, 9.17) is 0 Å². The maximum atomic E-state index is 2.50. The molecule has 2 aliphatic carbocycles. The van der Waals surface area contributed by atoms with E-state index in [1.807, 2.05) is 0 Å². The molecular formula is C9H14. The van der Waals surface area contributed by atoms with Gasteiger partial charge in [0, 0.05) is 5.41 Å². The lowest BCUT2D eigenvalue weighted by Gasteiger charge is -2.06. The van der Waals surface area contributed by atoms with Crippen molar-refractivity contribution in [3.8, 4) is 0 Å². The highest BCUT2D eigenvalue weighted by molar-refractivity contribution is 5.39. The standard InChI is InChI=1S/C9H14/c1-2-8-7-9(8)5-3-4-6-9/h7H,2-6H2,1H3. The molecular weight excluding hydrogens is 108 g/mol.